The van der Waals surface area contributed by atoms with Crippen molar-refractivity contribution in [2.75, 3.05) is 13.1 Å². The van der Waals surface area contributed by atoms with Crippen LogP contribution in [0, 0.1) is 0 Å². The van der Waals surface area contributed by atoms with Gasteiger partial charge in [0.05, 0.1) is 6.04 Å². The first-order valence-corrected chi connectivity index (χ1v) is 7.80. The molecule has 118 valence electrons. The fourth-order valence-electron chi connectivity index (χ4n) is 1.71. The Bertz CT molecular complexity index is 452. The third-order valence-corrected chi connectivity index (χ3v) is 3.60. The molecule has 1 rings (SSSR count). The molecule has 1 fully saturated rings. The molecular formula is C15H24BrN3O2. The van der Waals surface area contributed by atoms with Gasteiger partial charge in [0.25, 0.3) is 0 Å². The van der Waals surface area contributed by atoms with Crippen LogP contribution in [0.15, 0.2) is 28.0 Å². The zero-order valence-corrected chi connectivity index (χ0v) is 14.7. The predicted octanol–water partition coefficient (Wildman–Crippen LogP) is 3.43. The van der Waals surface area contributed by atoms with Crippen LogP contribution < -0.4 is 5.32 Å². The van der Waals surface area contributed by atoms with Gasteiger partial charge in [0, 0.05) is 23.8 Å². The monoisotopic (exact) mass is 357 g/mol. The summed E-state index contributed by atoms with van der Waals surface area (Å²) in [4.78, 5) is 17.9. The minimum absolute atomic E-state index is 0.136. The van der Waals surface area contributed by atoms with E-state index < -0.39 is 5.60 Å². The molecule has 1 heterocycles. The van der Waals surface area contributed by atoms with Gasteiger partial charge in [-0.1, -0.05) is 12.7 Å². The molecule has 1 N–H and O–H groups in total. The van der Waals surface area contributed by atoms with Crippen LogP contribution in [-0.4, -0.2) is 41.9 Å². The Labute approximate surface area is 135 Å². The molecule has 1 amide bonds. The van der Waals surface area contributed by atoms with Crippen molar-refractivity contribution >= 4 is 28.2 Å². The number of hydrogen-bond acceptors (Lipinski definition) is 4. The van der Waals surface area contributed by atoms with Crippen molar-refractivity contribution < 1.29 is 9.53 Å². The fraction of sp³-hybridized carbons (Fsp3) is 0.600. The van der Waals surface area contributed by atoms with Gasteiger partial charge in [-0.25, -0.2) is 9.79 Å². The average Bonchev–Trinajstić information content (AvgIpc) is 2.32. The lowest BCUT2D eigenvalue weighted by Gasteiger charge is -2.41. The summed E-state index contributed by atoms with van der Waals surface area (Å²) in [6, 6.07) is 0.136. The van der Waals surface area contributed by atoms with Crippen LogP contribution in [0.3, 0.4) is 0 Å². The highest BCUT2D eigenvalue weighted by Crippen LogP contribution is 2.20. The average molecular weight is 358 g/mol. The Kier molecular flexibility index (Phi) is 6.45. The van der Waals surface area contributed by atoms with Gasteiger partial charge in [0.15, 0.2) is 0 Å². The van der Waals surface area contributed by atoms with Crippen molar-refractivity contribution in [3.8, 4) is 0 Å². The molecule has 0 aromatic carbocycles. The van der Waals surface area contributed by atoms with Gasteiger partial charge in [0.1, 0.15) is 11.4 Å². The van der Waals surface area contributed by atoms with Gasteiger partial charge < -0.3 is 15.0 Å². The number of nitrogens with zero attached hydrogens (tertiary/aromatic N) is 2. The largest absolute Gasteiger partial charge is 0.444 e. The van der Waals surface area contributed by atoms with Crippen LogP contribution in [0.1, 0.15) is 34.1 Å². The minimum Gasteiger partial charge on any atom is -0.444 e. The van der Waals surface area contributed by atoms with E-state index in [4.69, 9.17) is 4.74 Å². The minimum atomic E-state index is -0.461. The van der Waals surface area contributed by atoms with E-state index in [1.165, 1.54) is 0 Å². The zero-order valence-electron chi connectivity index (χ0n) is 13.1. The van der Waals surface area contributed by atoms with Gasteiger partial charge >= 0.3 is 6.09 Å². The standard InChI is InChI=1S/C15H24BrN3O2/c1-6-12(16)9-17-11(2)18-10-13-7-8-19(13)14(20)21-15(3,4)5/h6,9,13,18H,2,7-8,10H2,1,3-5H3/b12-6+,17-9-. The maximum atomic E-state index is 12.0. The van der Waals surface area contributed by atoms with E-state index in [0.29, 0.717) is 12.4 Å². The number of rotatable bonds is 5. The predicted molar refractivity (Wildman–Crippen MR) is 89.7 cm³/mol. The second kappa shape index (κ2) is 7.64. The normalized spacial score (nSPS) is 19.4. The maximum Gasteiger partial charge on any atom is 0.410 e. The molecule has 0 saturated carbocycles. The molecule has 0 aromatic heterocycles. The van der Waals surface area contributed by atoms with Crippen molar-refractivity contribution in [2.45, 2.75) is 45.8 Å². The Hall–Kier alpha value is -1.30. The van der Waals surface area contributed by atoms with E-state index >= 15 is 0 Å². The number of allylic oxidation sites excluding steroid dienone is 2. The molecule has 0 radical (unpaired) electrons. The number of aliphatic imine (C=N–C) groups is 1. The van der Waals surface area contributed by atoms with Gasteiger partial charge in [-0.05, 0) is 50.0 Å². The van der Waals surface area contributed by atoms with E-state index in [1.807, 2.05) is 33.8 Å². The molecule has 0 bridgehead atoms. The molecule has 0 spiro atoms. The van der Waals surface area contributed by atoms with Crippen molar-refractivity contribution in [1.29, 1.82) is 0 Å². The van der Waals surface area contributed by atoms with Crippen molar-refractivity contribution in [2.24, 2.45) is 4.99 Å². The van der Waals surface area contributed by atoms with Crippen LogP contribution in [0.2, 0.25) is 0 Å². The quantitative estimate of drug-likeness (QED) is 0.766. The Balaban J connectivity index is 2.38. The molecule has 1 atom stereocenters. The summed E-state index contributed by atoms with van der Waals surface area (Å²) in [6.07, 6.45) is 4.28. The molecule has 6 heteroatoms. The number of hydrogen-bond donors (Lipinski definition) is 1. The molecule has 1 unspecified atom stereocenters. The summed E-state index contributed by atoms with van der Waals surface area (Å²) in [5.74, 6) is 0.574. The van der Waals surface area contributed by atoms with Gasteiger partial charge in [-0.2, -0.15) is 0 Å². The van der Waals surface area contributed by atoms with Gasteiger partial charge in [0.2, 0.25) is 0 Å². The lowest BCUT2D eigenvalue weighted by atomic mass is 10.0. The topological polar surface area (TPSA) is 53.9 Å². The third-order valence-electron chi connectivity index (χ3n) is 2.93. The summed E-state index contributed by atoms with van der Waals surface area (Å²) in [6.45, 7) is 12.7. The molecular weight excluding hydrogens is 334 g/mol. The van der Waals surface area contributed by atoms with Crippen LogP contribution in [0.5, 0.6) is 0 Å². The molecule has 0 aliphatic carbocycles. The highest BCUT2D eigenvalue weighted by Gasteiger charge is 2.34. The fourth-order valence-corrected chi connectivity index (χ4v) is 1.81. The summed E-state index contributed by atoms with van der Waals surface area (Å²) in [5.41, 5.74) is -0.461. The van der Waals surface area contributed by atoms with Crippen molar-refractivity contribution in [1.82, 2.24) is 10.2 Å². The molecule has 1 aliphatic rings. The number of carbonyl (C=O) groups is 1. The molecule has 1 saturated heterocycles. The lowest BCUT2D eigenvalue weighted by Crippen LogP contribution is -2.56. The zero-order chi connectivity index (χ0) is 16.0. The number of carbonyl (C=O) groups excluding carboxylic acids is 1. The third kappa shape index (κ3) is 6.33. The van der Waals surface area contributed by atoms with Crippen LogP contribution in [0.25, 0.3) is 0 Å². The first-order chi connectivity index (χ1) is 9.73. The smallest absolute Gasteiger partial charge is 0.410 e. The molecule has 0 aromatic rings. The maximum absolute atomic E-state index is 12.0. The van der Waals surface area contributed by atoms with Crippen LogP contribution >= 0.6 is 15.9 Å². The number of amides is 1. The summed E-state index contributed by atoms with van der Waals surface area (Å²) in [5, 5.41) is 3.12. The molecule has 5 nitrogen and oxygen atoms in total. The molecule has 21 heavy (non-hydrogen) atoms. The van der Waals surface area contributed by atoms with E-state index in [-0.39, 0.29) is 12.1 Å². The summed E-state index contributed by atoms with van der Waals surface area (Å²) >= 11 is 3.34. The first kappa shape index (κ1) is 17.8. The highest BCUT2D eigenvalue weighted by atomic mass is 79.9. The number of nitrogens with one attached hydrogen (secondary N) is 1. The van der Waals surface area contributed by atoms with E-state index in [0.717, 1.165) is 17.4 Å². The van der Waals surface area contributed by atoms with Gasteiger partial charge in [-0.3, -0.25) is 0 Å². The Morgan fingerprint density at radius 3 is 2.71 bits per heavy atom. The summed E-state index contributed by atoms with van der Waals surface area (Å²) in [7, 11) is 0. The SMILES string of the molecule is C=C(/N=C\C(Br)=C/C)NCC1CCN1C(=O)OC(C)(C)C. The van der Waals surface area contributed by atoms with Crippen molar-refractivity contribution in [3.05, 3.63) is 23.0 Å². The highest BCUT2D eigenvalue weighted by molar-refractivity contribution is 9.12. The second-order valence-electron chi connectivity index (χ2n) is 5.88. The Morgan fingerprint density at radius 1 is 1.57 bits per heavy atom. The Morgan fingerprint density at radius 2 is 2.24 bits per heavy atom. The number of likely N-dealkylation sites (tertiary alicyclic amines) is 1. The lowest BCUT2D eigenvalue weighted by molar-refractivity contribution is -0.00452. The van der Waals surface area contributed by atoms with E-state index in [9.17, 15) is 4.79 Å². The van der Waals surface area contributed by atoms with E-state index in [2.05, 4.69) is 32.8 Å². The van der Waals surface area contributed by atoms with Gasteiger partial charge in [-0.15, -0.1) is 0 Å². The first-order valence-electron chi connectivity index (χ1n) is 7.01. The van der Waals surface area contributed by atoms with E-state index in [1.54, 1.807) is 11.1 Å². The number of halogens is 1. The molecule has 1 aliphatic heterocycles. The number of ether oxygens (including phenoxy) is 1. The van der Waals surface area contributed by atoms with Crippen LogP contribution in [0.4, 0.5) is 4.79 Å². The van der Waals surface area contributed by atoms with Crippen molar-refractivity contribution in [3.63, 3.8) is 0 Å². The summed E-state index contributed by atoms with van der Waals surface area (Å²) < 4.78 is 6.26. The second-order valence-corrected chi connectivity index (χ2v) is 6.79. The van der Waals surface area contributed by atoms with Crippen LogP contribution in [-0.2, 0) is 4.74 Å².